The molecular formula is C11H16N4O2. The van der Waals surface area contributed by atoms with Crippen molar-refractivity contribution in [3.63, 3.8) is 0 Å². The van der Waals surface area contributed by atoms with Crippen molar-refractivity contribution in [2.45, 2.75) is 37.8 Å². The van der Waals surface area contributed by atoms with Gasteiger partial charge in [0.2, 0.25) is 0 Å². The van der Waals surface area contributed by atoms with Crippen LogP contribution in [-0.2, 0) is 0 Å². The second kappa shape index (κ2) is 5.09. The zero-order valence-corrected chi connectivity index (χ0v) is 9.50. The molecule has 2 rings (SSSR count). The summed E-state index contributed by atoms with van der Waals surface area (Å²) in [6, 6.07) is 3.43. The Hall–Kier alpha value is -1.69. The van der Waals surface area contributed by atoms with Crippen LogP contribution in [0.3, 0.4) is 0 Å². The predicted octanol–water partition coefficient (Wildman–Crippen LogP) is 1.67. The smallest absolute Gasteiger partial charge is 0.287 e. The maximum absolute atomic E-state index is 10.5. The van der Waals surface area contributed by atoms with Crippen molar-refractivity contribution < 1.29 is 4.92 Å². The van der Waals surface area contributed by atoms with Crippen LogP contribution in [0.5, 0.6) is 0 Å². The molecule has 3 N–H and O–H groups in total. The summed E-state index contributed by atoms with van der Waals surface area (Å²) in [4.78, 5) is 14.0. The maximum Gasteiger partial charge on any atom is 0.287 e. The van der Waals surface area contributed by atoms with Crippen molar-refractivity contribution >= 4 is 11.5 Å². The first-order chi connectivity index (χ1) is 8.16. The van der Waals surface area contributed by atoms with E-state index < -0.39 is 4.92 Å². The predicted molar refractivity (Wildman–Crippen MR) is 64.7 cm³/mol. The Morgan fingerprint density at radius 1 is 1.41 bits per heavy atom. The molecule has 1 fully saturated rings. The first-order valence-electron chi connectivity index (χ1n) is 5.79. The van der Waals surface area contributed by atoms with E-state index in [0.29, 0.717) is 5.82 Å². The molecule has 92 valence electrons. The van der Waals surface area contributed by atoms with Gasteiger partial charge in [0.15, 0.2) is 0 Å². The lowest BCUT2D eigenvalue weighted by atomic mass is 9.91. The third-order valence-corrected chi connectivity index (χ3v) is 3.11. The number of hydrogen-bond acceptors (Lipinski definition) is 5. The molecule has 1 aliphatic rings. The minimum Gasteiger partial charge on any atom is -0.366 e. The second-order valence-corrected chi connectivity index (χ2v) is 4.36. The van der Waals surface area contributed by atoms with Crippen LogP contribution >= 0.6 is 0 Å². The SMILES string of the molecule is N[C@@H]1CCCC[C@H]1Nc1ccc([N+](=O)[O-])cn1. The Morgan fingerprint density at radius 2 is 2.18 bits per heavy atom. The van der Waals surface area contributed by atoms with Gasteiger partial charge in [-0.05, 0) is 18.9 Å². The van der Waals surface area contributed by atoms with Crippen molar-refractivity contribution in [2.75, 3.05) is 5.32 Å². The normalized spacial score (nSPS) is 24.3. The van der Waals surface area contributed by atoms with Gasteiger partial charge < -0.3 is 11.1 Å². The number of nitrogens with two attached hydrogens (primary N) is 1. The lowest BCUT2D eigenvalue weighted by Crippen LogP contribution is -2.42. The van der Waals surface area contributed by atoms with Gasteiger partial charge >= 0.3 is 0 Å². The quantitative estimate of drug-likeness (QED) is 0.615. The fourth-order valence-electron chi connectivity index (χ4n) is 2.11. The summed E-state index contributed by atoms with van der Waals surface area (Å²) in [6.45, 7) is 0. The minimum absolute atomic E-state index is 0.00323. The summed E-state index contributed by atoms with van der Waals surface area (Å²) in [6.07, 6.45) is 5.65. The van der Waals surface area contributed by atoms with Gasteiger partial charge in [-0.1, -0.05) is 12.8 Å². The number of nitro groups is 1. The van der Waals surface area contributed by atoms with Crippen LogP contribution in [0.15, 0.2) is 18.3 Å². The van der Waals surface area contributed by atoms with Gasteiger partial charge in [-0.25, -0.2) is 4.98 Å². The zero-order valence-electron chi connectivity index (χ0n) is 9.50. The van der Waals surface area contributed by atoms with E-state index in [1.807, 2.05) is 0 Å². The van der Waals surface area contributed by atoms with Crippen LogP contribution in [-0.4, -0.2) is 22.0 Å². The molecule has 1 saturated carbocycles. The summed E-state index contributed by atoms with van der Waals surface area (Å²) in [7, 11) is 0. The molecule has 0 spiro atoms. The van der Waals surface area contributed by atoms with Gasteiger partial charge in [0, 0.05) is 18.2 Å². The monoisotopic (exact) mass is 236 g/mol. The van der Waals surface area contributed by atoms with Gasteiger partial charge in [0.1, 0.15) is 12.0 Å². The topological polar surface area (TPSA) is 94.1 Å². The fraction of sp³-hybridized carbons (Fsp3) is 0.545. The second-order valence-electron chi connectivity index (χ2n) is 4.36. The highest BCUT2D eigenvalue weighted by molar-refractivity contribution is 5.41. The molecule has 1 aliphatic carbocycles. The third kappa shape index (κ3) is 2.91. The van der Waals surface area contributed by atoms with E-state index in [0.717, 1.165) is 12.8 Å². The molecule has 2 atom stereocenters. The molecule has 17 heavy (non-hydrogen) atoms. The Balaban J connectivity index is 2.00. The Bertz CT molecular complexity index is 393. The van der Waals surface area contributed by atoms with Crippen molar-refractivity contribution in [3.05, 3.63) is 28.4 Å². The van der Waals surface area contributed by atoms with Gasteiger partial charge in [0.25, 0.3) is 5.69 Å². The van der Waals surface area contributed by atoms with Gasteiger partial charge in [-0.3, -0.25) is 10.1 Å². The molecule has 0 aliphatic heterocycles. The van der Waals surface area contributed by atoms with Crippen molar-refractivity contribution in [2.24, 2.45) is 5.73 Å². The van der Waals surface area contributed by atoms with E-state index in [-0.39, 0.29) is 17.8 Å². The first-order valence-corrected chi connectivity index (χ1v) is 5.79. The summed E-state index contributed by atoms with van der Waals surface area (Å²) in [5.74, 6) is 0.651. The number of pyridine rings is 1. The number of nitrogens with zero attached hydrogens (tertiary/aromatic N) is 2. The van der Waals surface area contributed by atoms with Crippen LogP contribution in [0.4, 0.5) is 11.5 Å². The third-order valence-electron chi connectivity index (χ3n) is 3.11. The standard InChI is InChI=1S/C11H16N4O2/c12-9-3-1-2-4-10(9)14-11-6-5-8(7-13-11)15(16)17/h5-7,9-10H,1-4,12H2,(H,13,14)/t9-,10-/m1/s1. The number of nitrogens with one attached hydrogen (secondary N) is 1. The summed E-state index contributed by atoms with van der Waals surface area (Å²) >= 11 is 0. The summed E-state index contributed by atoms with van der Waals surface area (Å²) < 4.78 is 0. The van der Waals surface area contributed by atoms with E-state index >= 15 is 0 Å². The molecule has 1 aromatic rings. The average molecular weight is 236 g/mol. The molecule has 0 saturated heterocycles. The first kappa shape index (κ1) is 11.8. The van der Waals surface area contributed by atoms with Gasteiger partial charge in [-0.15, -0.1) is 0 Å². The molecule has 0 unspecified atom stereocenters. The highest BCUT2D eigenvalue weighted by Gasteiger charge is 2.21. The van der Waals surface area contributed by atoms with Crippen LogP contribution in [0.1, 0.15) is 25.7 Å². The Morgan fingerprint density at radius 3 is 2.76 bits per heavy atom. The lowest BCUT2D eigenvalue weighted by Gasteiger charge is -2.29. The molecule has 0 bridgehead atoms. The van der Waals surface area contributed by atoms with Crippen LogP contribution in [0, 0.1) is 10.1 Å². The molecule has 6 heteroatoms. The number of hydrogen-bond donors (Lipinski definition) is 2. The molecule has 1 aromatic heterocycles. The Kier molecular flexibility index (Phi) is 3.53. The molecule has 0 radical (unpaired) electrons. The minimum atomic E-state index is -0.455. The molecule has 0 amide bonds. The maximum atomic E-state index is 10.5. The van der Waals surface area contributed by atoms with Gasteiger partial charge in [-0.2, -0.15) is 0 Å². The number of rotatable bonds is 3. The van der Waals surface area contributed by atoms with E-state index in [1.54, 1.807) is 6.07 Å². The highest BCUT2D eigenvalue weighted by Crippen LogP contribution is 2.21. The van der Waals surface area contributed by atoms with Gasteiger partial charge in [0.05, 0.1) is 4.92 Å². The fourth-order valence-corrected chi connectivity index (χ4v) is 2.11. The molecular weight excluding hydrogens is 220 g/mol. The molecule has 6 nitrogen and oxygen atoms in total. The van der Waals surface area contributed by atoms with Crippen LogP contribution in [0.2, 0.25) is 0 Å². The van der Waals surface area contributed by atoms with Crippen molar-refractivity contribution in [3.8, 4) is 0 Å². The summed E-state index contributed by atoms with van der Waals surface area (Å²) in [5, 5.41) is 13.7. The van der Waals surface area contributed by atoms with Crippen molar-refractivity contribution in [1.29, 1.82) is 0 Å². The summed E-state index contributed by atoms with van der Waals surface area (Å²) in [5.41, 5.74) is 6.01. The van der Waals surface area contributed by atoms with Crippen LogP contribution in [0.25, 0.3) is 0 Å². The van der Waals surface area contributed by atoms with E-state index in [9.17, 15) is 10.1 Å². The highest BCUT2D eigenvalue weighted by atomic mass is 16.6. The van der Waals surface area contributed by atoms with Crippen molar-refractivity contribution in [1.82, 2.24) is 4.98 Å². The lowest BCUT2D eigenvalue weighted by molar-refractivity contribution is -0.385. The molecule has 1 heterocycles. The average Bonchev–Trinajstić information content (AvgIpc) is 2.33. The number of aromatic nitrogens is 1. The van der Waals surface area contributed by atoms with E-state index in [2.05, 4.69) is 10.3 Å². The van der Waals surface area contributed by atoms with E-state index in [4.69, 9.17) is 5.73 Å². The van der Waals surface area contributed by atoms with Crippen LogP contribution < -0.4 is 11.1 Å². The Labute approximate surface area is 99.4 Å². The largest absolute Gasteiger partial charge is 0.366 e. The van der Waals surface area contributed by atoms with E-state index in [1.165, 1.54) is 25.1 Å². The molecule has 0 aromatic carbocycles. The number of anilines is 1. The zero-order chi connectivity index (χ0) is 12.3.